The van der Waals surface area contributed by atoms with Gasteiger partial charge in [-0.05, 0) is 0 Å². The van der Waals surface area contributed by atoms with Crippen molar-refractivity contribution in [2.24, 2.45) is 5.73 Å². The molecule has 5 atom stereocenters. The largest absolute Gasteiger partial charge is 0.463 e. The van der Waals surface area contributed by atoms with Gasteiger partial charge in [0, 0.05) is 27.7 Å². The van der Waals surface area contributed by atoms with Crippen LogP contribution in [0.5, 0.6) is 0 Å². The van der Waals surface area contributed by atoms with Gasteiger partial charge in [0.2, 0.25) is 6.29 Å². The summed E-state index contributed by atoms with van der Waals surface area (Å²) in [5.74, 6) is -2.62. The molecule has 0 bridgehead atoms. The molecule has 136 valence electrons. The number of hydrogen-bond acceptors (Lipinski definition) is 10. The first-order chi connectivity index (χ1) is 11.1. The SMILES string of the molecule is CC(=O)OC[C@H]1O[C@H](OC(C)=O)[C@H](N)[C@@H](OC(C)=O)[C@@H]1OC(C)=O. The Balaban J connectivity index is 3.08. The summed E-state index contributed by atoms with van der Waals surface area (Å²) in [6.45, 7) is 4.32. The second-order valence-corrected chi connectivity index (χ2v) is 5.18. The van der Waals surface area contributed by atoms with Gasteiger partial charge in [-0.2, -0.15) is 0 Å². The van der Waals surface area contributed by atoms with E-state index in [-0.39, 0.29) is 6.61 Å². The molecule has 0 unspecified atom stereocenters. The topological polar surface area (TPSA) is 140 Å². The third kappa shape index (κ3) is 5.78. The van der Waals surface area contributed by atoms with Crippen LogP contribution >= 0.6 is 0 Å². The molecule has 0 aliphatic carbocycles. The molecule has 0 radical (unpaired) electrons. The molecule has 1 rings (SSSR count). The standard InChI is InChI=1S/C14H21NO9/c1-6(16)20-5-10-12(21-7(2)17)13(22-8(3)18)11(15)14(24-10)23-9(4)19/h10-14H,5,15H2,1-4H3/t10-,11-,12-,13-,14+/m1/s1. The summed E-state index contributed by atoms with van der Waals surface area (Å²) in [5, 5.41) is 0. The summed E-state index contributed by atoms with van der Waals surface area (Å²) < 4.78 is 25.5. The van der Waals surface area contributed by atoms with E-state index in [0.29, 0.717) is 0 Å². The van der Waals surface area contributed by atoms with Crippen molar-refractivity contribution in [1.82, 2.24) is 0 Å². The van der Waals surface area contributed by atoms with Crippen LogP contribution in [0.3, 0.4) is 0 Å². The molecule has 0 amide bonds. The zero-order valence-corrected chi connectivity index (χ0v) is 13.8. The van der Waals surface area contributed by atoms with Crippen LogP contribution in [0.15, 0.2) is 0 Å². The third-order valence-electron chi connectivity index (χ3n) is 3.03. The Hall–Kier alpha value is -2.20. The van der Waals surface area contributed by atoms with Crippen molar-refractivity contribution in [2.45, 2.75) is 58.3 Å². The van der Waals surface area contributed by atoms with E-state index in [4.69, 9.17) is 29.4 Å². The van der Waals surface area contributed by atoms with E-state index in [1.54, 1.807) is 0 Å². The van der Waals surface area contributed by atoms with Crippen LogP contribution in [0, 0.1) is 0 Å². The van der Waals surface area contributed by atoms with Gasteiger partial charge >= 0.3 is 23.9 Å². The van der Waals surface area contributed by atoms with Gasteiger partial charge in [0.25, 0.3) is 0 Å². The van der Waals surface area contributed by atoms with E-state index in [1.165, 1.54) is 6.92 Å². The molecule has 10 nitrogen and oxygen atoms in total. The van der Waals surface area contributed by atoms with Crippen molar-refractivity contribution in [3.63, 3.8) is 0 Å². The fraction of sp³-hybridized carbons (Fsp3) is 0.714. The first-order valence-electron chi connectivity index (χ1n) is 7.18. The predicted octanol–water partition coefficient (Wildman–Crippen LogP) is -0.972. The molecule has 10 heteroatoms. The van der Waals surface area contributed by atoms with Gasteiger partial charge in [-0.1, -0.05) is 0 Å². The Bertz CT molecular complexity index is 490. The molecule has 0 aromatic rings. The number of carbonyl (C=O) groups is 4. The molecule has 1 heterocycles. The molecular weight excluding hydrogens is 326 g/mol. The Morgan fingerprint density at radius 2 is 1.33 bits per heavy atom. The molecule has 0 aromatic carbocycles. The van der Waals surface area contributed by atoms with Gasteiger partial charge in [-0.25, -0.2) is 0 Å². The van der Waals surface area contributed by atoms with Crippen molar-refractivity contribution in [1.29, 1.82) is 0 Å². The minimum absolute atomic E-state index is 0.310. The van der Waals surface area contributed by atoms with Crippen LogP contribution in [0.25, 0.3) is 0 Å². The van der Waals surface area contributed by atoms with E-state index >= 15 is 0 Å². The highest BCUT2D eigenvalue weighted by molar-refractivity contribution is 5.68. The van der Waals surface area contributed by atoms with Gasteiger partial charge < -0.3 is 29.4 Å². The normalized spacial score (nSPS) is 29.3. The lowest BCUT2D eigenvalue weighted by Crippen LogP contribution is -2.65. The maximum absolute atomic E-state index is 11.3. The fourth-order valence-electron chi connectivity index (χ4n) is 2.20. The lowest BCUT2D eigenvalue weighted by Gasteiger charge is -2.42. The lowest BCUT2D eigenvalue weighted by molar-refractivity contribution is -0.267. The minimum atomic E-state index is -1.26. The fourth-order valence-corrected chi connectivity index (χ4v) is 2.20. The number of esters is 4. The Morgan fingerprint density at radius 3 is 1.79 bits per heavy atom. The molecule has 1 aliphatic heterocycles. The van der Waals surface area contributed by atoms with E-state index in [9.17, 15) is 19.2 Å². The predicted molar refractivity (Wildman–Crippen MR) is 76.1 cm³/mol. The second kappa shape index (κ2) is 8.60. The van der Waals surface area contributed by atoms with Gasteiger partial charge in [-0.15, -0.1) is 0 Å². The molecular formula is C14H21NO9. The van der Waals surface area contributed by atoms with Crippen LogP contribution in [-0.2, 0) is 42.9 Å². The highest BCUT2D eigenvalue weighted by Gasteiger charge is 2.50. The zero-order valence-electron chi connectivity index (χ0n) is 13.8. The van der Waals surface area contributed by atoms with E-state index in [1.807, 2.05) is 0 Å². The van der Waals surface area contributed by atoms with Crippen molar-refractivity contribution in [3.05, 3.63) is 0 Å². The Kier molecular flexibility index (Phi) is 7.11. The average Bonchev–Trinajstić information content (AvgIpc) is 2.42. The molecule has 0 spiro atoms. The zero-order chi connectivity index (χ0) is 18.4. The Morgan fingerprint density at radius 1 is 0.833 bits per heavy atom. The van der Waals surface area contributed by atoms with Crippen molar-refractivity contribution in [2.75, 3.05) is 6.61 Å². The monoisotopic (exact) mass is 347 g/mol. The summed E-state index contributed by atoms with van der Waals surface area (Å²) in [4.78, 5) is 44.9. The van der Waals surface area contributed by atoms with Crippen LogP contribution in [0.2, 0.25) is 0 Å². The highest BCUT2D eigenvalue weighted by Crippen LogP contribution is 2.26. The Labute approximate surface area is 138 Å². The molecule has 1 saturated heterocycles. The van der Waals surface area contributed by atoms with Crippen LogP contribution < -0.4 is 5.73 Å². The van der Waals surface area contributed by atoms with Gasteiger partial charge in [0.1, 0.15) is 18.8 Å². The summed E-state index contributed by atoms with van der Waals surface area (Å²) >= 11 is 0. The minimum Gasteiger partial charge on any atom is -0.463 e. The maximum Gasteiger partial charge on any atom is 0.304 e. The number of carbonyl (C=O) groups excluding carboxylic acids is 4. The summed E-state index contributed by atoms with van der Waals surface area (Å²) in [6, 6.07) is -1.10. The van der Waals surface area contributed by atoms with Crippen LogP contribution in [0.4, 0.5) is 0 Å². The molecule has 1 aliphatic rings. The highest BCUT2D eigenvalue weighted by atomic mass is 16.7. The second-order valence-electron chi connectivity index (χ2n) is 5.18. The number of nitrogens with two attached hydrogens (primary N) is 1. The molecule has 2 N–H and O–H groups in total. The number of hydrogen-bond donors (Lipinski definition) is 1. The quantitative estimate of drug-likeness (QED) is 0.487. The average molecular weight is 347 g/mol. The van der Waals surface area contributed by atoms with Crippen molar-refractivity contribution in [3.8, 4) is 0 Å². The molecule has 24 heavy (non-hydrogen) atoms. The van der Waals surface area contributed by atoms with Gasteiger partial charge in [0.05, 0.1) is 0 Å². The van der Waals surface area contributed by atoms with Crippen molar-refractivity contribution >= 4 is 23.9 Å². The maximum atomic E-state index is 11.3. The molecule has 0 saturated carbocycles. The van der Waals surface area contributed by atoms with E-state index < -0.39 is 54.5 Å². The van der Waals surface area contributed by atoms with Gasteiger partial charge in [-0.3, -0.25) is 19.2 Å². The first kappa shape index (κ1) is 19.8. The van der Waals surface area contributed by atoms with Crippen LogP contribution in [0.1, 0.15) is 27.7 Å². The summed E-state index contributed by atoms with van der Waals surface area (Å²) in [6.07, 6.45) is -4.58. The van der Waals surface area contributed by atoms with Crippen LogP contribution in [-0.4, -0.2) is 61.1 Å². The van der Waals surface area contributed by atoms with Gasteiger partial charge in [0.15, 0.2) is 12.2 Å². The number of rotatable bonds is 5. The molecule has 0 aromatic heterocycles. The van der Waals surface area contributed by atoms with Crippen molar-refractivity contribution < 1.29 is 42.9 Å². The first-order valence-corrected chi connectivity index (χ1v) is 7.18. The summed E-state index contributed by atoms with van der Waals surface area (Å²) in [7, 11) is 0. The lowest BCUT2D eigenvalue weighted by atomic mass is 9.97. The number of ether oxygens (including phenoxy) is 5. The summed E-state index contributed by atoms with van der Waals surface area (Å²) in [5.41, 5.74) is 5.93. The molecule has 1 fully saturated rings. The van der Waals surface area contributed by atoms with E-state index in [0.717, 1.165) is 20.8 Å². The smallest absolute Gasteiger partial charge is 0.304 e. The third-order valence-corrected chi connectivity index (χ3v) is 3.03. The van der Waals surface area contributed by atoms with E-state index in [2.05, 4.69) is 0 Å².